The molecule has 0 bridgehead atoms. The molecule has 1 aliphatic rings. The number of nitrogens with zero attached hydrogens (tertiary/aromatic N) is 1. The normalized spacial score (nSPS) is 20.6. The van der Waals surface area contributed by atoms with E-state index in [0.717, 1.165) is 21.2 Å². The fraction of sp³-hybridized carbons (Fsp3) is 0.412. The van der Waals surface area contributed by atoms with E-state index in [4.69, 9.17) is 4.74 Å². The maximum atomic E-state index is 12.4. The molecule has 2 amide bonds. The van der Waals surface area contributed by atoms with Crippen LogP contribution in [0.15, 0.2) is 30.5 Å². The van der Waals surface area contributed by atoms with Gasteiger partial charge in [-0.15, -0.1) is 11.3 Å². The van der Waals surface area contributed by atoms with Gasteiger partial charge in [0.15, 0.2) is 0 Å². The Morgan fingerprint density at radius 3 is 3.00 bits per heavy atom. The number of aliphatic hydroxyl groups excluding tert-OH is 1. The zero-order valence-corrected chi connectivity index (χ0v) is 14.5. The molecule has 0 fully saturated rings. The third-order valence-electron chi connectivity index (χ3n) is 4.11. The van der Waals surface area contributed by atoms with E-state index in [1.165, 1.54) is 0 Å². The minimum Gasteiger partial charge on any atom is -0.493 e. The van der Waals surface area contributed by atoms with Crippen molar-refractivity contribution in [2.75, 3.05) is 13.2 Å². The van der Waals surface area contributed by atoms with Gasteiger partial charge in [-0.1, -0.05) is 18.2 Å². The fourth-order valence-corrected chi connectivity index (χ4v) is 3.59. The lowest BCUT2D eigenvalue weighted by Gasteiger charge is -2.33. The number of nitrogens with one attached hydrogen (secondary N) is 2. The van der Waals surface area contributed by atoms with Gasteiger partial charge in [0.25, 0.3) is 0 Å². The number of urea groups is 1. The number of carbonyl (C=O) groups excluding carboxylic acids is 1. The van der Waals surface area contributed by atoms with Crippen LogP contribution in [-0.2, 0) is 0 Å². The molecular formula is C17H21N3O3S. The van der Waals surface area contributed by atoms with E-state index >= 15 is 0 Å². The molecule has 0 radical (unpaired) electrons. The average molecular weight is 347 g/mol. The Balaban J connectivity index is 1.70. The number of aliphatic hydroxyl groups is 1. The molecule has 2 aromatic rings. The number of para-hydroxylation sites is 1. The van der Waals surface area contributed by atoms with E-state index in [9.17, 15) is 9.90 Å². The van der Waals surface area contributed by atoms with Crippen molar-refractivity contribution < 1.29 is 14.6 Å². The fourth-order valence-electron chi connectivity index (χ4n) is 2.80. The van der Waals surface area contributed by atoms with Crippen LogP contribution < -0.4 is 15.4 Å². The second kappa shape index (κ2) is 7.19. The second-order valence-corrected chi connectivity index (χ2v) is 7.16. The van der Waals surface area contributed by atoms with Gasteiger partial charge in [-0.25, -0.2) is 9.78 Å². The van der Waals surface area contributed by atoms with Crippen molar-refractivity contribution in [2.24, 2.45) is 5.92 Å². The van der Waals surface area contributed by atoms with Crippen LogP contribution in [0.1, 0.15) is 34.5 Å². The third kappa shape index (κ3) is 3.52. The Morgan fingerprint density at radius 1 is 1.50 bits per heavy atom. The van der Waals surface area contributed by atoms with Crippen LogP contribution in [0.2, 0.25) is 0 Å². The zero-order chi connectivity index (χ0) is 17.1. The molecule has 1 aromatic carbocycles. The molecule has 3 N–H and O–H groups in total. The summed E-state index contributed by atoms with van der Waals surface area (Å²) < 4.78 is 5.65. The largest absolute Gasteiger partial charge is 0.493 e. The number of hydrogen-bond acceptors (Lipinski definition) is 5. The number of fused-ring (bicyclic) bond motifs is 1. The monoisotopic (exact) mass is 347 g/mol. The van der Waals surface area contributed by atoms with Gasteiger partial charge >= 0.3 is 6.03 Å². The highest BCUT2D eigenvalue weighted by molar-refractivity contribution is 7.11. The molecule has 6 nitrogen and oxygen atoms in total. The smallest absolute Gasteiger partial charge is 0.315 e. The number of aryl methyl sites for hydroxylation is 1. The predicted molar refractivity (Wildman–Crippen MR) is 92.2 cm³/mol. The SMILES string of the molecule is Cc1ncc(C(C)NC(=O)N[C@H]2c3ccccc3OC[C@H]2CO)s1. The first-order chi connectivity index (χ1) is 11.6. The van der Waals surface area contributed by atoms with E-state index in [1.807, 2.05) is 38.1 Å². The highest BCUT2D eigenvalue weighted by atomic mass is 32.1. The summed E-state index contributed by atoms with van der Waals surface area (Å²) in [4.78, 5) is 17.6. The molecule has 0 saturated carbocycles. The van der Waals surface area contributed by atoms with E-state index < -0.39 is 0 Å². The van der Waals surface area contributed by atoms with Crippen molar-refractivity contribution in [1.82, 2.24) is 15.6 Å². The lowest BCUT2D eigenvalue weighted by atomic mass is 9.91. The van der Waals surface area contributed by atoms with Crippen LogP contribution in [0.4, 0.5) is 4.79 Å². The Kier molecular flexibility index (Phi) is 5.01. The van der Waals surface area contributed by atoms with E-state index in [1.54, 1.807) is 17.5 Å². The van der Waals surface area contributed by atoms with Gasteiger partial charge < -0.3 is 20.5 Å². The van der Waals surface area contributed by atoms with Crippen molar-refractivity contribution >= 4 is 17.4 Å². The van der Waals surface area contributed by atoms with Crippen LogP contribution in [0, 0.1) is 12.8 Å². The van der Waals surface area contributed by atoms with Crippen molar-refractivity contribution in [3.05, 3.63) is 45.9 Å². The van der Waals surface area contributed by atoms with Crippen LogP contribution in [0.25, 0.3) is 0 Å². The standard InChI is InChI=1S/C17H21N3O3S/c1-10(15-7-18-11(2)24-15)19-17(22)20-16-12(8-21)9-23-14-6-4-3-5-13(14)16/h3-7,10,12,16,21H,8-9H2,1-2H3,(H2,19,20,22)/t10?,12-,16-/m1/s1. The number of hydrogen-bond donors (Lipinski definition) is 3. The third-order valence-corrected chi connectivity index (χ3v) is 5.21. The summed E-state index contributed by atoms with van der Waals surface area (Å²) >= 11 is 1.56. The van der Waals surface area contributed by atoms with Crippen molar-refractivity contribution in [2.45, 2.75) is 25.9 Å². The number of rotatable bonds is 4. The van der Waals surface area contributed by atoms with Crippen LogP contribution in [-0.4, -0.2) is 29.3 Å². The van der Waals surface area contributed by atoms with Gasteiger partial charge in [0.1, 0.15) is 5.75 Å². The average Bonchev–Trinajstić information content (AvgIpc) is 3.02. The van der Waals surface area contributed by atoms with Crippen molar-refractivity contribution in [1.29, 1.82) is 0 Å². The molecular weight excluding hydrogens is 326 g/mol. The number of thiazole rings is 1. The summed E-state index contributed by atoms with van der Waals surface area (Å²) in [5.74, 6) is 0.574. The first-order valence-electron chi connectivity index (χ1n) is 7.90. The molecule has 0 aliphatic carbocycles. The van der Waals surface area contributed by atoms with Gasteiger partial charge in [-0.3, -0.25) is 0 Å². The Hall–Kier alpha value is -2.12. The lowest BCUT2D eigenvalue weighted by molar-refractivity contribution is 0.113. The second-order valence-electron chi connectivity index (χ2n) is 5.89. The summed E-state index contributed by atoms with van der Waals surface area (Å²) in [5.41, 5.74) is 0.888. The zero-order valence-electron chi connectivity index (χ0n) is 13.7. The Labute approximate surface area is 144 Å². The molecule has 1 aromatic heterocycles. The number of carbonyl (C=O) groups is 1. The van der Waals surface area contributed by atoms with Gasteiger partial charge in [-0.2, -0.15) is 0 Å². The van der Waals surface area contributed by atoms with Gasteiger partial charge in [0, 0.05) is 22.6 Å². The maximum absolute atomic E-state index is 12.4. The number of aromatic nitrogens is 1. The summed E-state index contributed by atoms with van der Waals surface area (Å²) in [6, 6.07) is 6.90. The van der Waals surface area contributed by atoms with E-state index in [0.29, 0.717) is 6.61 Å². The number of benzene rings is 1. The Bertz CT molecular complexity index is 719. The molecule has 0 saturated heterocycles. The quantitative estimate of drug-likeness (QED) is 0.794. The minimum absolute atomic E-state index is 0.0527. The first-order valence-corrected chi connectivity index (χ1v) is 8.72. The van der Waals surface area contributed by atoms with Gasteiger partial charge in [-0.05, 0) is 19.9 Å². The maximum Gasteiger partial charge on any atom is 0.315 e. The molecule has 128 valence electrons. The van der Waals surface area contributed by atoms with Gasteiger partial charge in [0.05, 0.1) is 30.3 Å². The van der Waals surface area contributed by atoms with Crippen LogP contribution in [0.3, 0.4) is 0 Å². The summed E-state index contributed by atoms with van der Waals surface area (Å²) in [5, 5.41) is 16.5. The molecule has 24 heavy (non-hydrogen) atoms. The topological polar surface area (TPSA) is 83.5 Å². The number of ether oxygens (including phenoxy) is 1. The molecule has 1 aliphatic heterocycles. The highest BCUT2D eigenvalue weighted by Gasteiger charge is 2.31. The predicted octanol–water partition coefficient (Wildman–Crippen LogP) is 2.55. The molecule has 2 heterocycles. The minimum atomic E-state index is -0.282. The van der Waals surface area contributed by atoms with Crippen LogP contribution in [0.5, 0.6) is 5.75 Å². The number of amides is 2. The summed E-state index contributed by atoms with van der Waals surface area (Å²) in [7, 11) is 0. The molecule has 3 rings (SSSR count). The molecule has 3 atom stereocenters. The van der Waals surface area contributed by atoms with Crippen molar-refractivity contribution in [3.63, 3.8) is 0 Å². The molecule has 7 heteroatoms. The van der Waals surface area contributed by atoms with Crippen molar-refractivity contribution in [3.8, 4) is 5.75 Å². The van der Waals surface area contributed by atoms with Gasteiger partial charge in [0.2, 0.25) is 0 Å². The first kappa shape index (κ1) is 16.7. The molecule has 1 unspecified atom stereocenters. The van der Waals surface area contributed by atoms with E-state index in [-0.39, 0.29) is 30.6 Å². The highest BCUT2D eigenvalue weighted by Crippen LogP contribution is 2.35. The lowest BCUT2D eigenvalue weighted by Crippen LogP contribution is -2.45. The molecule has 0 spiro atoms. The summed E-state index contributed by atoms with van der Waals surface area (Å²) in [6.07, 6.45) is 1.78. The Morgan fingerprint density at radius 2 is 2.29 bits per heavy atom. The summed E-state index contributed by atoms with van der Waals surface area (Å²) in [6.45, 7) is 4.19. The van der Waals surface area contributed by atoms with Crippen LogP contribution >= 0.6 is 11.3 Å². The van der Waals surface area contributed by atoms with E-state index in [2.05, 4.69) is 15.6 Å².